The van der Waals surface area contributed by atoms with Gasteiger partial charge in [-0.15, -0.1) is 0 Å². The summed E-state index contributed by atoms with van der Waals surface area (Å²) in [7, 11) is 0. The van der Waals surface area contributed by atoms with Gasteiger partial charge < -0.3 is 10.6 Å². The highest BCUT2D eigenvalue weighted by atomic mass is 16.2. The topological polar surface area (TPSA) is 58.2 Å². The number of nitrogens with one attached hydrogen (secondary N) is 2. The Morgan fingerprint density at radius 3 is 1.84 bits per heavy atom. The van der Waals surface area contributed by atoms with Gasteiger partial charge in [0.05, 0.1) is 11.3 Å². The largest absolute Gasteiger partial charge is 0.326 e. The fraction of sp³-hybridized carbons (Fsp3) is 0.630. The highest BCUT2D eigenvalue weighted by Crippen LogP contribution is 2.61. The van der Waals surface area contributed by atoms with Gasteiger partial charge >= 0.3 is 0 Å². The predicted molar refractivity (Wildman–Crippen MR) is 124 cm³/mol. The maximum absolute atomic E-state index is 13.2. The summed E-state index contributed by atoms with van der Waals surface area (Å²) in [5.74, 6) is 2.89. The van der Waals surface area contributed by atoms with Crippen LogP contribution in [0, 0.1) is 40.4 Å². The molecule has 2 N–H and O–H groups in total. The van der Waals surface area contributed by atoms with Crippen LogP contribution in [0.2, 0.25) is 0 Å². The van der Waals surface area contributed by atoms with E-state index in [1.807, 2.05) is 24.3 Å². The lowest BCUT2D eigenvalue weighted by Gasteiger charge is -2.55. The maximum atomic E-state index is 13.2. The Bertz CT molecular complexity index is 888. The number of allylic oxidation sites excluding steroid dienone is 2. The van der Waals surface area contributed by atoms with E-state index >= 15 is 0 Å². The van der Waals surface area contributed by atoms with Crippen LogP contribution in [0.5, 0.6) is 0 Å². The first-order chi connectivity index (χ1) is 14.7. The highest BCUT2D eigenvalue weighted by Gasteiger charge is 2.60. The number of anilines is 2. The Kier molecular flexibility index (Phi) is 4.84. The zero-order chi connectivity index (χ0) is 22.0. The summed E-state index contributed by atoms with van der Waals surface area (Å²) in [6, 6.07) is 7.64. The first-order valence-electron chi connectivity index (χ1n) is 12.0. The van der Waals surface area contributed by atoms with E-state index in [-0.39, 0.29) is 28.6 Å². The smallest absolute Gasteiger partial charge is 0.230 e. The van der Waals surface area contributed by atoms with Crippen molar-refractivity contribution in [3.63, 3.8) is 0 Å². The highest BCUT2D eigenvalue weighted by molar-refractivity contribution is 5.97. The lowest BCUT2D eigenvalue weighted by Crippen LogP contribution is -2.51. The standard InChI is InChI=1S/C27H36N2O2/c1-16(2)9-22-23(26(22,3)4)24(30)28-20-5-7-21(8-6-20)29-25(31)27-13-17-10-18(14-27)12-19(11-17)15-27/h5-9,17-19,22-23H,10-15H2,1-4H3,(H,28,30)(H,29,31)/t17?,18?,19?,22-,23+,27?/m1/s1. The Morgan fingerprint density at radius 1 is 0.871 bits per heavy atom. The second-order valence-corrected chi connectivity index (χ2v) is 11.8. The van der Waals surface area contributed by atoms with Gasteiger partial charge in [-0.2, -0.15) is 0 Å². The molecule has 0 aromatic heterocycles. The SMILES string of the molecule is CC(C)=C[C@@H]1[C@@H](C(=O)Nc2ccc(NC(=O)C34CC5CC(CC(C5)C3)C4)cc2)C1(C)C. The third-order valence-corrected chi connectivity index (χ3v) is 8.64. The first-order valence-corrected chi connectivity index (χ1v) is 12.0. The van der Waals surface area contributed by atoms with Crippen LogP contribution in [0.4, 0.5) is 11.4 Å². The van der Waals surface area contributed by atoms with Gasteiger partial charge in [0.25, 0.3) is 0 Å². The van der Waals surface area contributed by atoms with Crippen molar-refractivity contribution in [1.29, 1.82) is 0 Å². The molecule has 0 radical (unpaired) electrons. The molecule has 5 saturated carbocycles. The molecule has 1 aromatic rings. The van der Waals surface area contributed by atoms with Gasteiger partial charge in [-0.25, -0.2) is 0 Å². The summed E-state index contributed by atoms with van der Waals surface area (Å²) in [5.41, 5.74) is 2.74. The summed E-state index contributed by atoms with van der Waals surface area (Å²) in [5, 5.41) is 6.27. The van der Waals surface area contributed by atoms with Gasteiger partial charge in [-0.1, -0.05) is 25.5 Å². The summed E-state index contributed by atoms with van der Waals surface area (Å²) in [4.78, 5) is 26.0. The molecule has 0 saturated heterocycles. The van der Waals surface area contributed by atoms with Crippen molar-refractivity contribution < 1.29 is 9.59 Å². The molecule has 0 spiro atoms. The zero-order valence-electron chi connectivity index (χ0n) is 19.3. The van der Waals surface area contributed by atoms with Gasteiger partial charge in [0, 0.05) is 11.4 Å². The van der Waals surface area contributed by atoms with Gasteiger partial charge in [0.2, 0.25) is 11.8 Å². The molecule has 2 atom stereocenters. The molecule has 1 aromatic carbocycles. The Morgan fingerprint density at radius 2 is 1.35 bits per heavy atom. The molecule has 2 amide bonds. The maximum Gasteiger partial charge on any atom is 0.230 e. The van der Waals surface area contributed by atoms with Crippen molar-refractivity contribution in [1.82, 2.24) is 0 Å². The number of benzene rings is 1. The second-order valence-electron chi connectivity index (χ2n) is 11.8. The van der Waals surface area contributed by atoms with Gasteiger partial charge in [-0.3, -0.25) is 9.59 Å². The number of carbonyl (C=O) groups excluding carboxylic acids is 2. The molecular weight excluding hydrogens is 384 g/mol. The van der Waals surface area contributed by atoms with Crippen molar-refractivity contribution in [3.05, 3.63) is 35.9 Å². The van der Waals surface area contributed by atoms with Crippen LogP contribution in [0.3, 0.4) is 0 Å². The fourth-order valence-corrected chi connectivity index (χ4v) is 7.36. The summed E-state index contributed by atoms with van der Waals surface area (Å²) >= 11 is 0. The van der Waals surface area contributed by atoms with E-state index in [0.717, 1.165) is 48.4 Å². The van der Waals surface area contributed by atoms with Crippen LogP contribution in [0.15, 0.2) is 35.9 Å². The van der Waals surface area contributed by atoms with Crippen molar-refractivity contribution in [2.24, 2.45) is 40.4 Å². The minimum absolute atomic E-state index is 0.00707. The molecule has 0 heterocycles. The number of hydrogen-bond donors (Lipinski definition) is 2. The van der Waals surface area contributed by atoms with Crippen LogP contribution < -0.4 is 10.6 Å². The van der Waals surface area contributed by atoms with Crippen molar-refractivity contribution in [3.8, 4) is 0 Å². The quantitative estimate of drug-likeness (QED) is 0.572. The number of rotatable bonds is 5. The van der Waals surface area contributed by atoms with Crippen molar-refractivity contribution in [2.45, 2.75) is 66.2 Å². The predicted octanol–water partition coefficient (Wildman–Crippen LogP) is 6.02. The Hall–Kier alpha value is -2.10. The van der Waals surface area contributed by atoms with Crippen LogP contribution in [-0.4, -0.2) is 11.8 Å². The first kappa shape index (κ1) is 20.8. The number of hydrogen-bond acceptors (Lipinski definition) is 2. The molecule has 5 aliphatic carbocycles. The van der Waals surface area contributed by atoms with Crippen LogP contribution in [-0.2, 0) is 9.59 Å². The zero-order valence-corrected chi connectivity index (χ0v) is 19.3. The monoisotopic (exact) mass is 420 g/mol. The molecule has 4 nitrogen and oxygen atoms in total. The van der Waals surface area contributed by atoms with Gasteiger partial charge in [0.15, 0.2) is 0 Å². The average Bonchev–Trinajstić information content (AvgIpc) is 3.21. The minimum Gasteiger partial charge on any atom is -0.326 e. The van der Waals surface area contributed by atoms with E-state index < -0.39 is 0 Å². The number of carbonyl (C=O) groups is 2. The molecule has 5 aliphatic rings. The molecular formula is C27H36N2O2. The van der Waals surface area contributed by atoms with Crippen LogP contribution in [0.25, 0.3) is 0 Å². The lowest BCUT2D eigenvalue weighted by atomic mass is 9.49. The summed E-state index contributed by atoms with van der Waals surface area (Å²) in [6.45, 7) is 8.48. The third-order valence-electron chi connectivity index (χ3n) is 8.64. The average molecular weight is 421 g/mol. The molecule has 166 valence electrons. The molecule has 0 aliphatic heterocycles. The van der Waals surface area contributed by atoms with E-state index in [4.69, 9.17) is 0 Å². The minimum atomic E-state index is -0.140. The summed E-state index contributed by atoms with van der Waals surface area (Å²) < 4.78 is 0. The molecule has 0 unspecified atom stereocenters. The van der Waals surface area contributed by atoms with Crippen LogP contribution in [0.1, 0.15) is 66.2 Å². The van der Waals surface area contributed by atoms with E-state index in [0.29, 0.717) is 5.92 Å². The number of amides is 2. The van der Waals surface area contributed by atoms with Crippen molar-refractivity contribution >= 4 is 23.2 Å². The molecule has 5 fully saturated rings. The molecule has 4 bridgehead atoms. The fourth-order valence-electron chi connectivity index (χ4n) is 7.36. The third kappa shape index (κ3) is 3.72. The van der Waals surface area contributed by atoms with Gasteiger partial charge in [-0.05, 0) is 106 Å². The van der Waals surface area contributed by atoms with E-state index in [1.54, 1.807) is 0 Å². The molecule has 4 heteroatoms. The second kappa shape index (κ2) is 7.21. The molecule has 6 rings (SSSR count). The van der Waals surface area contributed by atoms with E-state index in [1.165, 1.54) is 24.8 Å². The van der Waals surface area contributed by atoms with Gasteiger partial charge in [0.1, 0.15) is 0 Å². The van der Waals surface area contributed by atoms with Crippen LogP contribution >= 0.6 is 0 Å². The Balaban J connectivity index is 1.21. The lowest BCUT2D eigenvalue weighted by molar-refractivity contribution is -0.140. The Labute approximate surface area is 186 Å². The molecule has 31 heavy (non-hydrogen) atoms. The van der Waals surface area contributed by atoms with E-state index in [2.05, 4.69) is 44.4 Å². The van der Waals surface area contributed by atoms with Crippen molar-refractivity contribution in [2.75, 3.05) is 10.6 Å². The normalized spacial score (nSPS) is 36.6. The summed E-state index contributed by atoms with van der Waals surface area (Å²) in [6.07, 6.45) is 9.45. The van der Waals surface area contributed by atoms with E-state index in [9.17, 15) is 9.59 Å².